The summed E-state index contributed by atoms with van der Waals surface area (Å²) >= 11 is 0. The van der Waals surface area contributed by atoms with Gasteiger partial charge in [-0.25, -0.2) is 13.1 Å². The van der Waals surface area contributed by atoms with E-state index in [2.05, 4.69) is 4.98 Å². The Morgan fingerprint density at radius 2 is 1.62 bits per heavy atom. The first-order valence-corrected chi connectivity index (χ1v) is 12.1. The molecular formula is C25H25N5O3S. The van der Waals surface area contributed by atoms with E-state index in [9.17, 15) is 13.2 Å². The molecule has 2 heterocycles. The van der Waals surface area contributed by atoms with Crippen LogP contribution < -0.4 is 0 Å². The Kier molecular flexibility index (Phi) is 6.85. The fourth-order valence-electron chi connectivity index (χ4n) is 3.50. The van der Waals surface area contributed by atoms with Crippen LogP contribution in [-0.4, -0.2) is 58.9 Å². The van der Waals surface area contributed by atoms with E-state index in [1.165, 1.54) is 30.4 Å². The molecule has 0 aliphatic heterocycles. The first-order chi connectivity index (χ1) is 16.4. The van der Waals surface area contributed by atoms with E-state index in [4.69, 9.17) is 5.10 Å². The van der Waals surface area contributed by atoms with Gasteiger partial charge in [0.15, 0.2) is 0 Å². The molecule has 8 nitrogen and oxygen atoms in total. The van der Waals surface area contributed by atoms with Gasteiger partial charge in [0, 0.05) is 50.4 Å². The SMILES string of the molecule is CN(Cc1cn(-c2ccccc2)nc1-c1ccccc1)C(=O)CN(C)S(=O)(=O)c1cccnc1. The highest BCUT2D eigenvalue weighted by molar-refractivity contribution is 7.89. The minimum absolute atomic E-state index is 0.0449. The molecule has 0 saturated heterocycles. The summed E-state index contributed by atoms with van der Waals surface area (Å²) in [6.45, 7) is -0.0160. The monoisotopic (exact) mass is 475 g/mol. The van der Waals surface area contributed by atoms with Gasteiger partial charge < -0.3 is 4.90 Å². The molecule has 0 unspecified atom stereocenters. The summed E-state index contributed by atoms with van der Waals surface area (Å²) in [7, 11) is -0.777. The van der Waals surface area contributed by atoms with E-state index in [-0.39, 0.29) is 23.9 Å². The standard InChI is InChI=1S/C25H25N5O3S/c1-28(24(31)19-29(2)34(32,33)23-14-9-15-26-16-23)17-21-18-30(22-12-7-4-8-13-22)27-25(21)20-10-5-3-6-11-20/h3-16,18H,17,19H2,1-2H3. The third kappa shape index (κ3) is 5.05. The summed E-state index contributed by atoms with van der Waals surface area (Å²) in [5.74, 6) is -0.332. The van der Waals surface area contributed by atoms with Crippen LogP contribution in [0.5, 0.6) is 0 Å². The summed E-state index contributed by atoms with van der Waals surface area (Å²) in [6.07, 6.45) is 4.67. The van der Waals surface area contributed by atoms with E-state index in [1.807, 2.05) is 66.9 Å². The number of para-hydroxylation sites is 1. The molecule has 1 amide bonds. The fraction of sp³-hybridized carbons (Fsp3) is 0.160. The molecule has 4 rings (SSSR count). The van der Waals surface area contributed by atoms with E-state index < -0.39 is 10.0 Å². The number of amides is 1. The molecule has 2 aromatic heterocycles. The maximum absolute atomic E-state index is 12.9. The molecule has 2 aromatic carbocycles. The van der Waals surface area contributed by atoms with Crippen LogP contribution in [0.1, 0.15) is 5.56 Å². The average Bonchev–Trinajstić information content (AvgIpc) is 3.29. The number of aromatic nitrogens is 3. The molecule has 0 radical (unpaired) electrons. The Labute approximate surface area is 199 Å². The van der Waals surface area contributed by atoms with Crippen LogP contribution in [0.25, 0.3) is 16.9 Å². The largest absolute Gasteiger partial charge is 0.340 e. The second-order valence-corrected chi connectivity index (χ2v) is 9.89. The lowest BCUT2D eigenvalue weighted by Crippen LogP contribution is -2.39. The predicted octanol–water partition coefficient (Wildman–Crippen LogP) is 3.21. The Bertz CT molecular complexity index is 1360. The van der Waals surface area contributed by atoms with Crippen LogP contribution in [-0.2, 0) is 21.4 Å². The summed E-state index contributed by atoms with van der Waals surface area (Å²) in [5.41, 5.74) is 3.45. The number of rotatable bonds is 8. The number of pyridine rings is 1. The van der Waals surface area contributed by atoms with Crippen LogP contribution in [0.15, 0.2) is 96.3 Å². The highest BCUT2D eigenvalue weighted by Gasteiger charge is 2.25. The number of sulfonamides is 1. The quantitative estimate of drug-likeness (QED) is 0.390. The number of hydrogen-bond acceptors (Lipinski definition) is 5. The van der Waals surface area contributed by atoms with Crippen LogP contribution in [0.2, 0.25) is 0 Å². The van der Waals surface area contributed by atoms with Gasteiger partial charge in [0.1, 0.15) is 4.90 Å². The van der Waals surface area contributed by atoms with Gasteiger partial charge in [-0.1, -0.05) is 48.5 Å². The van der Waals surface area contributed by atoms with Gasteiger partial charge >= 0.3 is 0 Å². The molecule has 0 N–H and O–H groups in total. The Morgan fingerprint density at radius 1 is 0.941 bits per heavy atom. The zero-order valence-corrected chi connectivity index (χ0v) is 19.8. The summed E-state index contributed by atoms with van der Waals surface area (Å²) in [5, 5.41) is 4.77. The van der Waals surface area contributed by atoms with Gasteiger partial charge in [-0.15, -0.1) is 0 Å². The molecule has 4 aromatic rings. The van der Waals surface area contributed by atoms with Crippen LogP contribution in [0.3, 0.4) is 0 Å². The van der Waals surface area contributed by atoms with Gasteiger partial charge in [-0.3, -0.25) is 9.78 Å². The Hall–Kier alpha value is -3.82. The molecule has 0 bridgehead atoms. The lowest BCUT2D eigenvalue weighted by molar-refractivity contribution is -0.130. The Balaban J connectivity index is 1.55. The van der Waals surface area contributed by atoms with Gasteiger partial charge in [-0.05, 0) is 24.3 Å². The molecule has 0 atom stereocenters. The minimum Gasteiger partial charge on any atom is -0.340 e. The molecule has 34 heavy (non-hydrogen) atoms. The van der Waals surface area contributed by atoms with Crippen molar-refractivity contribution in [3.05, 3.63) is 97.0 Å². The second-order valence-electron chi connectivity index (χ2n) is 7.85. The van der Waals surface area contributed by atoms with Crippen molar-refractivity contribution in [2.24, 2.45) is 0 Å². The van der Waals surface area contributed by atoms with Crippen LogP contribution in [0.4, 0.5) is 0 Å². The maximum Gasteiger partial charge on any atom is 0.244 e. The number of benzene rings is 2. The molecule has 0 aliphatic rings. The molecule has 0 aliphatic carbocycles. The number of carbonyl (C=O) groups excluding carboxylic acids is 1. The highest BCUT2D eigenvalue weighted by Crippen LogP contribution is 2.25. The molecule has 0 fully saturated rings. The molecule has 0 saturated carbocycles. The normalized spacial score (nSPS) is 11.5. The van der Waals surface area contributed by atoms with Gasteiger partial charge in [0.25, 0.3) is 0 Å². The average molecular weight is 476 g/mol. The zero-order chi connectivity index (χ0) is 24.1. The van der Waals surface area contributed by atoms with Crippen LogP contribution in [0, 0.1) is 0 Å². The molecule has 0 spiro atoms. The van der Waals surface area contributed by atoms with E-state index >= 15 is 0 Å². The van der Waals surface area contributed by atoms with Crippen molar-refractivity contribution in [1.82, 2.24) is 24.0 Å². The van der Waals surface area contributed by atoms with Gasteiger partial charge in [0.05, 0.1) is 17.9 Å². The van der Waals surface area contributed by atoms with Crippen molar-refractivity contribution >= 4 is 15.9 Å². The van der Waals surface area contributed by atoms with Gasteiger partial charge in [0.2, 0.25) is 15.9 Å². The lowest BCUT2D eigenvalue weighted by Gasteiger charge is -2.21. The maximum atomic E-state index is 12.9. The van der Waals surface area contributed by atoms with E-state index in [0.29, 0.717) is 0 Å². The predicted molar refractivity (Wildman–Crippen MR) is 130 cm³/mol. The number of hydrogen-bond donors (Lipinski definition) is 0. The molecule has 9 heteroatoms. The Morgan fingerprint density at radius 3 is 2.26 bits per heavy atom. The van der Waals surface area contributed by atoms with E-state index in [0.717, 1.165) is 26.8 Å². The first kappa shape index (κ1) is 23.3. The van der Waals surface area contributed by atoms with Crippen molar-refractivity contribution in [1.29, 1.82) is 0 Å². The molecule has 174 valence electrons. The zero-order valence-electron chi connectivity index (χ0n) is 18.9. The number of carbonyl (C=O) groups is 1. The highest BCUT2D eigenvalue weighted by atomic mass is 32.2. The number of nitrogens with zero attached hydrogens (tertiary/aromatic N) is 5. The summed E-state index contributed by atoms with van der Waals surface area (Å²) in [4.78, 5) is 18.3. The smallest absolute Gasteiger partial charge is 0.244 e. The van der Waals surface area contributed by atoms with Crippen molar-refractivity contribution < 1.29 is 13.2 Å². The first-order valence-electron chi connectivity index (χ1n) is 10.7. The van der Waals surface area contributed by atoms with Crippen LogP contribution >= 0.6 is 0 Å². The second kappa shape index (κ2) is 9.98. The third-order valence-corrected chi connectivity index (χ3v) is 7.18. The van der Waals surface area contributed by atoms with Crippen molar-refractivity contribution in [3.63, 3.8) is 0 Å². The fourth-order valence-corrected chi connectivity index (χ4v) is 4.58. The van der Waals surface area contributed by atoms with E-state index in [1.54, 1.807) is 17.8 Å². The van der Waals surface area contributed by atoms with Crippen molar-refractivity contribution in [2.45, 2.75) is 11.4 Å². The minimum atomic E-state index is -3.82. The summed E-state index contributed by atoms with van der Waals surface area (Å²) < 4.78 is 28.3. The number of likely N-dealkylation sites (N-methyl/N-ethyl adjacent to an activating group) is 2. The summed E-state index contributed by atoms with van der Waals surface area (Å²) in [6, 6.07) is 22.5. The van der Waals surface area contributed by atoms with Crippen molar-refractivity contribution in [3.8, 4) is 16.9 Å². The molecular weight excluding hydrogens is 450 g/mol. The van der Waals surface area contributed by atoms with Crippen molar-refractivity contribution in [2.75, 3.05) is 20.6 Å². The lowest BCUT2D eigenvalue weighted by atomic mass is 10.1. The third-order valence-electron chi connectivity index (χ3n) is 5.39. The topological polar surface area (TPSA) is 88.4 Å². The van der Waals surface area contributed by atoms with Gasteiger partial charge in [-0.2, -0.15) is 9.40 Å².